The zero-order valence-electron chi connectivity index (χ0n) is 11.1. The molecule has 0 aliphatic rings. The number of anilines is 1. The Morgan fingerprint density at radius 3 is 2.53 bits per heavy atom. The lowest BCUT2D eigenvalue weighted by Gasteiger charge is -2.08. The summed E-state index contributed by atoms with van der Waals surface area (Å²) in [7, 11) is 0. The predicted octanol–water partition coefficient (Wildman–Crippen LogP) is 4.06. The smallest absolute Gasteiger partial charge is 0.0483 e. The average molecular weight is 250 g/mol. The fraction of sp³-hybridized carbons (Fsp3) is 0.176. The van der Waals surface area contributed by atoms with Gasteiger partial charge in [-0.3, -0.25) is 0 Å². The van der Waals surface area contributed by atoms with Gasteiger partial charge in [-0.15, -0.1) is 0 Å². The molecule has 0 aliphatic heterocycles. The third-order valence-corrected chi connectivity index (χ3v) is 3.44. The minimum Gasteiger partial charge on any atom is -0.383 e. The first kappa shape index (κ1) is 11.8. The molecular formula is C17H18N2. The Labute approximate surface area is 113 Å². The van der Waals surface area contributed by atoms with E-state index in [0.29, 0.717) is 0 Å². The molecule has 0 saturated carbocycles. The fourth-order valence-electron chi connectivity index (χ4n) is 2.49. The molecule has 0 unspecified atom stereocenters. The number of para-hydroxylation sites is 2. The summed E-state index contributed by atoms with van der Waals surface area (Å²) in [5, 5.41) is 4.80. The number of nitrogens with zero attached hydrogens (tertiary/aromatic N) is 1. The number of nitrogens with one attached hydrogen (secondary N) is 1. The van der Waals surface area contributed by atoms with Crippen LogP contribution < -0.4 is 5.32 Å². The summed E-state index contributed by atoms with van der Waals surface area (Å²) in [6, 6.07) is 18.9. The van der Waals surface area contributed by atoms with Crippen LogP contribution in [0, 0.1) is 6.92 Å². The van der Waals surface area contributed by atoms with Gasteiger partial charge in [0.2, 0.25) is 0 Å². The van der Waals surface area contributed by atoms with E-state index in [-0.39, 0.29) is 0 Å². The number of rotatable bonds is 4. The topological polar surface area (TPSA) is 17.0 Å². The number of aryl methyl sites for hydroxylation is 1. The third kappa shape index (κ3) is 2.48. The Hall–Kier alpha value is -2.22. The van der Waals surface area contributed by atoms with Crippen LogP contribution in [0.5, 0.6) is 0 Å². The molecule has 2 heteroatoms. The van der Waals surface area contributed by atoms with Crippen molar-refractivity contribution >= 4 is 16.6 Å². The Morgan fingerprint density at radius 2 is 1.68 bits per heavy atom. The lowest BCUT2D eigenvalue weighted by Crippen LogP contribution is -2.09. The van der Waals surface area contributed by atoms with Gasteiger partial charge < -0.3 is 9.88 Å². The second-order valence-corrected chi connectivity index (χ2v) is 4.82. The lowest BCUT2D eigenvalue weighted by molar-refractivity contribution is 0.755. The highest BCUT2D eigenvalue weighted by molar-refractivity contribution is 5.83. The molecule has 3 rings (SSSR count). The van der Waals surface area contributed by atoms with Gasteiger partial charge in [-0.2, -0.15) is 0 Å². The SMILES string of the molecule is Cc1cn(CCNc2ccccc2)c2ccccc12. The minimum absolute atomic E-state index is 0.933. The number of aromatic nitrogens is 1. The van der Waals surface area contributed by atoms with E-state index in [1.165, 1.54) is 22.2 Å². The van der Waals surface area contributed by atoms with Gasteiger partial charge in [0.15, 0.2) is 0 Å². The standard InChI is InChI=1S/C17H18N2/c1-14-13-19(17-10-6-5-9-16(14)17)12-11-18-15-7-3-2-4-8-15/h2-10,13,18H,11-12H2,1H3. The van der Waals surface area contributed by atoms with Crippen molar-refractivity contribution in [3.63, 3.8) is 0 Å². The van der Waals surface area contributed by atoms with Crippen molar-refractivity contribution in [1.29, 1.82) is 0 Å². The molecule has 0 aliphatic carbocycles. The zero-order valence-corrected chi connectivity index (χ0v) is 11.1. The molecule has 0 atom stereocenters. The van der Waals surface area contributed by atoms with Gasteiger partial charge in [-0.1, -0.05) is 36.4 Å². The van der Waals surface area contributed by atoms with Gasteiger partial charge in [-0.05, 0) is 30.7 Å². The highest BCUT2D eigenvalue weighted by atomic mass is 15.0. The van der Waals surface area contributed by atoms with E-state index in [1.54, 1.807) is 0 Å². The van der Waals surface area contributed by atoms with Crippen molar-refractivity contribution < 1.29 is 0 Å². The highest BCUT2D eigenvalue weighted by Crippen LogP contribution is 2.20. The Morgan fingerprint density at radius 1 is 0.947 bits per heavy atom. The van der Waals surface area contributed by atoms with Crippen LogP contribution >= 0.6 is 0 Å². The molecule has 1 heterocycles. The number of hydrogen-bond donors (Lipinski definition) is 1. The van der Waals surface area contributed by atoms with Crippen LogP contribution in [0.2, 0.25) is 0 Å². The monoisotopic (exact) mass is 250 g/mol. The van der Waals surface area contributed by atoms with Crippen molar-refractivity contribution in [3.8, 4) is 0 Å². The van der Waals surface area contributed by atoms with Gasteiger partial charge in [0, 0.05) is 35.9 Å². The summed E-state index contributed by atoms with van der Waals surface area (Å²) < 4.78 is 2.32. The summed E-state index contributed by atoms with van der Waals surface area (Å²) in [6.07, 6.45) is 2.23. The Balaban J connectivity index is 1.72. The van der Waals surface area contributed by atoms with Crippen molar-refractivity contribution in [3.05, 3.63) is 66.4 Å². The van der Waals surface area contributed by atoms with Crippen LogP contribution in [0.25, 0.3) is 10.9 Å². The summed E-state index contributed by atoms with van der Waals surface area (Å²) in [5.41, 5.74) is 3.83. The van der Waals surface area contributed by atoms with Gasteiger partial charge >= 0.3 is 0 Å². The second kappa shape index (κ2) is 5.19. The fourth-order valence-corrected chi connectivity index (χ4v) is 2.49. The largest absolute Gasteiger partial charge is 0.383 e. The maximum Gasteiger partial charge on any atom is 0.0483 e. The van der Waals surface area contributed by atoms with E-state index < -0.39 is 0 Å². The van der Waals surface area contributed by atoms with E-state index in [4.69, 9.17) is 0 Å². The van der Waals surface area contributed by atoms with Gasteiger partial charge in [0.05, 0.1) is 0 Å². The molecule has 3 aromatic rings. The summed E-state index contributed by atoms with van der Waals surface area (Å²) >= 11 is 0. The van der Waals surface area contributed by atoms with E-state index in [1.807, 2.05) is 6.07 Å². The molecule has 0 spiro atoms. The molecule has 1 N–H and O–H groups in total. The van der Waals surface area contributed by atoms with Crippen LogP contribution in [-0.2, 0) is 6.54 Å². The van der Waals surface area contributed by atoms with Gasteiger partial charge in [0.25, 0.3) is 0 Å². The average Bonchev–Trinajstić information content (AvgIpc) is 2.78. The molecule has 0 bridgehead atoms. The zero-order chi connectivity index (χ0) is 13.1. The molecule has 96 valence electrons. The van der Waals surface area contributed by atoms with Crippen molar-refractivity contribution in [2.75, 3.05) is 11.9 Å². The van der Waals surface area contributed by atoms with E-state index in [9.17, 15) is 0 Å². The number of benzene rings is 2. The van der Waals surface area contributed by atoms with E-state index in [2.05, 4.69) is 71.5 Å². The molecule has 1 aromatic heterocycles. The van der Waals surface area contributed by atoms with Crippen LogP contribution in [0.3, 0.4) is 0 Å². The number of hydrogen-bond acceptors (Lipinski definition) is 1. The normalized spacial score (nSPS) is 10.8. The molecular weight excluding hydrogens is 232 g/mol. The summed E-state index contributed by atoms with van der Waals surface area (Å²) in [6.45, 7) is 4.08. The van der Waals surface area contributed by atoms with Crippen molar-refractivity contribution in [2.45, 2.75) is 13.5 Å². The van der Waals surface area contributed by atoms with E-state index in [0.717, 1.165) is 13.1 Å². The molecule has 0 fully saturated rings. The van der Waals surface area contributed by atoms with Gasteiger partial charge in [0.1, 0.15) is 0 Å². The summed E-state index contributed by atoms with van der Waals surface area (Å²) in [5.74, 6) is 0. The first-order valence-corrected chi connectivity index (χ1v) is 6.68. The highest BCUT2D eigenvalue weighted by Gasteiger charge is 2.03. The van der Waals surface area contributed by atoms with Crippen LogP contribution in [0.4, 0.5) is 5.69 Å². The molecule has 19 heavy (non-hydrogen) atoms. The predicted molar refractivity (Wildman–Crippen MR) is 81.6 cm³/mol. The van der Waals surface area contributed by atoms with Crippen molar-refractivity contribution in [1.82, 2.24) is 4.57 Å². The number of fused-ring (bicyclic) bond motifs is 1. The minimum atomic E-state index is 0.933. The second-order valence-electron chi connectivity index (χ2n) is 4.82. The van der Waals surface area contributed by atoms with Crippen LogP contribution in [-0.4, -0.2) is 11.1 Å². The molecule has 2 aromatic carbocycles. The molecule has 2 nitrogen and oxygen atoms in total. The van der Waals surface area contributed by atoms with Crippen LogP contribution in [0.15, 0.2) is 60.8 Å². The maximum atomic E-state index is 3.45. The van der Waals surface area contributed by atoms with Crippen molar-refractivity contribution in [2.24, 2.45) is 0 Å². The molecule has 0 amide bonds. The quantitative estimate of drug-likeness (QED) is 0.738. The Kier molecular flexibility index (Phi) is 3.23. The molecule has 0 radical (unpaired) electrons. The maximum absolute atomic E-state index is 3.45. The van der Waals surface area contributed by atoms with Gasteiger partial charge in [-0.25, -0.2) is 0 Å². The third-order valence-electron chi connectivity index (χ3n) is 3.44. The first-order chi connectivity index (χ1) is 9.34. The lowest BCUT2D eigenvalue weighted by atomic mass is 10.2. The Bertz CT molecular complexity index is 668. The first-order valence-electron chi connectivity index (χ1n) is 6.68. The van der Waals surface area contributed by atoms with Crippen LogP contribution in [0.1, 0.15) is 5.56 Å². The molecule has 0 saturated heterocycles. The van der Waals surface area contributed by atoms with E-state index >= 15 is 0 Å². The summed E-state index contributed by atoms with van der Waals surface area (Å²) in [4.78, 5) is 0.